The van der Waals surface area contributed by atoms with Gasteiger partial charge in [0.2, 0.25) is 5.91 Å². The van der Waals surface area contributed by atoms with E-state index in [2.05, 4.69) is 5.32 Å². The second-order valence-electron chi connectivity index (χ2n) is 3.85. The number of hydrogen-bond donors (Lipinski definition) is 2. The zero-order chi connectivity index (χ0) is 12.7. The smallest absolute Gasteiger partial charge is 0.224 e. The van der Waals surface area contributed by atoms with Gasteiger partial charge < -0.3 is 15.2 Å². The van der Waals surface area contributed by atoms with Crippen molar-refractivity contribution in [3.63, 3.8) is 0 Å². The molecule has 0 aliphatic carbocycles. The fraction of sp³-hybridized carbons (Fsp3) is 0.462. The number of hydrogen-bond acceptors (Lipinski definition) is 3. The number of phenolic OH excluding ortho intramolecular Hbond substituents is 1. The Morgan fingerprint density at radius 3 is 2.88 bits per heavy atom. The number of phenols is 1. The van der Waals surface area contributed by atoms with Crippen molar-refractivity contribution in [2.75, 3.05) is 18.5 Å². The summed E-state index contributed by atoms with van der Waals surface area (Å²) in [5.41, 5.74) is 1.41. The Morgan fingerprint density at radius 1 is 1.47 bits per heavy atom. The first-order valence-corrected chi connectivity index (χ1v) is 5.80. The molecule has 0 fully saturated rings. The van der Waals surface area contributed by atoms with Crippen LogP contribution in [0.2, 0.25) is 0 Å². The maximum atomic E-state index is 11.5. The van der Waals surface area contributed by atoms with Crippen LogP contribution in [-0.4, -0.2) is 24.2 Å². The van der Waals surface area contributed by atoms with E-state index in [1.54, 1.807) is 18.2 Å². The molecule has 0 saturated carbocycles. The molecule has 4 nitrogen and oxygen atoms in total. The predicted octanol–water partition coefficient (Wildman–Crippen LogP) is 2.46. The number of anilines is 1. The molecule has 1 amide bonds. The molecule has 1 rings (SSSR count). The zero-order valence-corrected chi connectivity index (χ0v) is 10.3. The van der Waals surface area contributed by atoms with E-state index in [-0.39, 0.29) is 11.7 Å². The fourth-order valence-corrected chi connectivity index (χ4v) is 1.39. The number of aryl methyl sites for hydroxylation is 1. The largest absolute Gasteiger partial charge is 0.508 e. The molecule has 0 saturated heterocycles. The van der Waals surface area contributed by atoms with Crippen molar-refractivity contribution in [1.29, 1.82) is 0 Å². The molecule has 1 aromatic carbocycles. The number of rotatable bonds is 6. The van der Waals surface area contributed by atoms with Crippen LogP contribution in [0.15, 0.2) is 18.2 Å². The Balaban J connectivity index is 2.37. The van der Waals surface area contributed by atoms with Crippen molar-refractivity contribution in [3.05, 3.63) is 23.8 Å². The first-order chi connectivity index (χ1) is 8.13. The molecule has 0 aliphatic heterocycles. The molecule has 4 heteroatoms. The van der Waals surface area contributed by atoms with Gasteiger partial charge in [-0.1, -0.05) is 6.07 Å². The minimum absolute atomic E-state index is 0.0621. The lowest BCUT2D eigenvalue weighted by Crippen LogP contribution is -2.12. The van der Waals surface area contributed by atoms with E-state index in [0.29, 0.717) is 31.7 Å². The van der Waals surface area contributed by atoms with Crippen LogP contribution in [0, 0.1) is 6.92 Å². The van der Waals surface area contributed by atoms with Gasteiger partial charge in [-0.3, -0.25) is 4.79 Å². The second kappa shape index (κ2) is 6.91. The van der Waals surface area contributed by atoms with Gasteiger partial charge in [0, 0.05) is 31.4 Å². The summed E-state index contributed by atoms with van der Waals surface area (Å²) in [4.78, 5) is 11.5. The maximum Gasteiger partial charge on any atom is 0.224 e. The van der Waals surface area contributed by atoms with Crippen molar-refractivity contribution in [3.8, 4) is 5.75 Å². The molecular formula is C13H19NO3. The van der Waals surface area contributed by atoms with Crippen molar-refractivity contribution in [2.45, 2.75) is 26.7 Å². The van der Waals surface area contributed by atoms with Gasteiger partial charge in [0.05, 0.1) is 0 Å². The summed E-state index contributed by atoms with van der Waals surface area (Å²) < 4.78 is 5.15. The van der Waals surface area contributed by atoms with E-state index in [4.69, 9.17) is 4.74 Å². The van der Waals surface area contributed by atoms with E-state index < -0.39 is 0 Å². The highest BCUT2D eigenvalue weighted by Crippen LogP contribution is 2.20. The summed E-state index contributed by atoms with van der Waals surface area (Å²) in [6.07, 6.45) is 1.13. The Hall–Kier alpha value is -1.55. The lowest BCUT2D eigenvalue weighted by molar-refractivity contribution is -0.116. The van der Waals surface area contributed by atoms with Crippen molar-refractivity contribution >= 4 is 11.6 Å². The normalized spacial score (nSPS) is 10.2. The minimum Gasteiger partial charge on any atom is -0.508 e. The zero-order valence-electron chi connectivity index (χ0n) is 10.3. The molecule has 0 heterocycles. The molecule has 0 radical (unpaired) electrons. The summed E-state index contributed by atoms with van der Waals surface area (Å²) in [5, 5.41) is 12.2. The van der Waals surface area contributed by atoms with Crippen LogP contribution in [0.25, 0.3) is 0 Å². The van der Waals surface area contributed by atoms with Crippen molar-refractivity contribution in [1.82, 2.24) is 0 Å². The number of nitrogens with one attached hydrogen (secondary N) is 1. The van der Waals surface area contributed by atoms with E-state index in [1.165, 1.54) is 0 Å². The topological polar surface area (TPSA) is 58.6 Å². The average molecular weight is 237 g/mol. The van der Waals surface area contributed by atoms with Crippen LogP contribution in [0.1, 0.15) is 25.3 Å². The maximum absolute atomic E-state index is 11.5. The number of aromatic hydroxyl groups is 1. The van der Waals surface area contributed by atoms with Crippen molar-refractivity contribution < 1.29 is 14.6 Å². The monoisotopic (exact) mass is 237 g/mol. The van der Waals surface area contributed by atoms with Gasteiger partial charge in [-0.25, -0.2) is 0 Å². The van der Waals surface area contributed by atoms with E-state index >= 15 is 0 Å². The number of ether oxygens (including phenoxy) is 1. The minimum atomic E-state index is -0.0621. The van der Waals surface area contributed by atoms with Gasteiger partial charge in [0.25, 0.3) is 0 Å². The third kappa shape index (κ3) is 4.87. The van der Waals surface area contributed by atoms with Crippen LogP contribution in [0.5, 0.6) is 5.75 Å². The Kier molecular flexibility index (Phi) is 5.49. The molecule has 0 atom stereocenters. The van der Waals surface area contributed by atoms with Crippen LogP contribution in [0.4, 0.5) is 5.69 Å². The molecule has 1 aromatic rings. The number of benzene rings is 1. The van der Waals surface area contributed by atoms with Crippen LogP contribution in [-0.2, 0) is 9.53 Å². The first kappa shape index (κ1) is 13.5. The first-order valence-electron chi connectivity index (χ1n) is 5.80. The molecule has 17 heavy (non-hydrogen) atoms. The lowest BCUT2D eigenvalue weighted by Gasteiger charge is -2.07. The third-order valence-electron chi connectivity index (χ3n) is 2.39. The van der Waals surface area contributed by atoms with E-state index in [1.807, 2.05) is 13.8 Å². The summed E-state index contributed by atoms with van der Waals surface area (Å²) in [6, 6.07) is 5.09. The fourth-order valence-electron chi connectivity index (χ4n) is 1.39. The van der Waals surface area contributed by atoms with Crippen LogP contribution in [0.3, 0.4) is 0 Å². The summed E-state index contributed by atoms with van der Waals surface area (Å²) in [7, 11) is 0. The number of carbonyl (C=O) groups excluding carboxylic acids is 1. The SMILES string of the molecule is CCOCCCC(=O)Nc1ccc(C)c(O)c1. The number of carbonyl (C=O) groups is 1. The highest BCUT2D eigenvalue weighted by Gasteiger charge is 2.03. The van der Waals surface area contributed by atoms with Crippen LogP contribution >= 0.6 is 0 Å². The second-order valence-corrected chi connectivity index (χ2v) is 3.85. The van der Waals surface area contributed by atoms with Gasteiger partial charge in [-0.2, -0.15) is 0 Å². The highest BCUT2D eigenvalue weighted by atomic mass is 16.5. The molecule has 0 aromatic heterocycles. The van der Waals surface area contributed by atoms with Gasteiger partial charge >= 0.3 is 0 Å². The number of amides is 1. The molecule has 0 unspecified atom stereocenters. The Morgan fingerprint density at radius 2 is 2.24 bits per heavy atom. The van der Waals surface area contributed by atoms with Crippen LogP contribution < -0.4 is 5.32 Å². The standard InChI is InChI=1S/C13H19NO3/c1-3-17-8-4-5-13(16)14-11-7-6-10(2)12(15)9-11/h6-7,9,15H,3-5,8H2,1-2H3,(H,14,16). The van der Waals surface area contributed by atoms with Gasteiger partial charge in [-0.05, 0) is 31.9 Å². The molecule has 0 aliphatic rings. The lowest BCUT2D eigenvalue weighted by atomic mass is 10.2. The molecule has 0 spiro atoms. The summed E-state index contributed by atoms with van der Waals surface area (Å²) >= 11 is 0. The molecule has 0 bridgehead atoms. The molecule has 94 valence electrons. The summed E-state index contributed by atoms with van der Waals surface area (Å²) in [5.74, 6) is 0.130. The van der Waals surface area contributed by atoms with Gasteiger partial charge in [0.15, 0.2) is 0 Å². The quantitative estimate of drug-likeness (QED) is 0.747. The predicted molar refractivity (Wildman–Crippen MR) is 67.2 cm³/mol. The highest BCUT2D eigenvalue weighted by molar-refractivity contribution is 5.90. The summed E-state index contributed by atoms with van der Waals surface area (Å²) in [6.45, 7) is 5.01. The molecule has 2 N–H and O–H groups in total. The Labute approximate surface area is 102 Å². The van der Waals surface area contributed by atoms with Crippen molar-refractivity contribution in [2.24, 2.45) is 0 Å². The average Bonchev–Trinajstić information content (AvgIpc) is 2.30. The van der Waals surface area contributed by atoms with E-state index in [9.17, 15) is 9.90 Å². The molecular weight excluding hydrogens is 218 g/mol. The Bertz CT molecular complexity index is 377. The van der Waals surface area contributed by atoms with Gasteiger partial charge in [-0.15, -0.1) is 0 Å². The van der Waals surface area contributed by atoms with E-state index in [0.717, 1.165) is 5.56 Å². The van der Waals surface area contributed by atoms with Gasteiger partial charge in [0.1, 0.15) is 5.75 Å². The third-order valence-corrected chi connectivity index (χ3v) is 2.39.